The van der Waals surface area contributed by atoms with E-state index in [1.165, 1.54) is 0 Å². The van der Waals surface area contributed by atoms with Gasteiger partial charge in [-0.15, -0.1) is 24.0 Å². The van der Waals surface area contributed by atoms with Crippen LogP contribution in [0, 0.1) is 0 Å². The molecular formula is C20H31IN6O2. The van der Waals surface area contributed by atoms with Crippen molar-refractivity contribution in [3.8, 4) is 5.82 Å². The number of nitrogens with one attached hydrogen (secondary N) is 2. The molecule has 0 bridgehead atoms. The highest BCUT2D eigenvalue weighted by atomic mass is 127. The van der Waals surface area contributed by atoms with Crippen molar-refractivity contribution in [2.24, 2.45) is 4.99 Å². The molecule has 1 atom stereocenters. The van der Waals surface area contributed by atoms with Crippen molar-refractivity contribution in [2.75, 3.05) is 32.9 Å². The van der Waals surface area contributed by atoms with Crippen LogP contribution in [0.2, 0.25) is 0 Å². The number of hydrogen-bond acceptors (Lipinski definition) is 5. The average molecular weight is 514 g/mol. The van der Waals surface area contributed by atoms with Gasteiger partial charge in [-0.3, -0.25) is 4.57 Å². The predicted octanol–water partition coefficient (Wildman–Crippen LogP) is 2.53. The SMILES string of the molecule is CCNC(=NCc1ccnc(-n2ccnc2)c1)NCCCOCC1CCCO1.I. The first kappa shape index (κ1) is 23.6. The topological polar surface area (TPSA) is 85.6 Å². The van der Waals surface area contributed by atoms with Gasteiger partial charge < -0.3 is 20.1 Å². The van der Waals surface area contributed by atoms with Gasteiger partial charge in [-0.2, -0.15) is 0 Å². The molecule has 0 amide bonds. The second-order valence-corrected chi connectivity index (χ2v) is 6.68. The number of pyridine rings is 1. The van der Waals surface area contributed by atoms with E-state index in [0.29, 0.717) is 19.3 Å². The number of aromatic nitrogens is 3. The molecule has 2 N–H and O–H groups in total. The van der Waals surface area contributed by atoms with E-state index in [9.17, 15) is 0 Å². The Kier molecular flexibility index (Phi) is 11.0. The van der Waals surface area contributed by atoms with Crippen LogP contribution < -0.4 is 10.6 Å². The Morgan fingerprint density at radius 3 is 3.07 bits per heavy atom. The standard InChI is InChI=1S/C20H30N6O2.HI/c1-2-22-20(24-7-4-11-27-15-18-5-3-12-28-18)25-14-17-6-8-23-19(13-17)26-10-9-21-16-26;/h6,8-10,13,16,18H,2-5,7,11-12,14-15H2,1H3,(H2,22,24,25);1H. The van der Waals surface area contributed by atoms with Crippen molar-refractivity contribution in [3.63, 3.8) is 0 Å². The maximum atomic E-state index is 5.70. The zero-order valence-corrected chi connectivity index (χ0v) is 19.2. The molecule has 8 nitrogen and oxygen atoms in total. The van der Waals surface area contributed by atoms with Crippen molar-refractivity contribution in [1.29, 1.82) is 0 Å². The molecule has 2 aromatic heterocycles. The molecule has 9 heteroatoms. The van der Waals surface area contributed by atoms with E-state index in [1.54, 1.807) is 18.7 Å². The molecule has 1 aliphatic heterocycles. The fourth-order valence-corrected chi connectivity index (χ4v) is 2.98. The summed E-state index contributed by atoms with van der Waals surface area (Å²) in [6.45, 7) is 6.58. The Bertz CT molecular complexity index is 720. The summed E-state index contributed by atoms with van der Waals surface area (Å²) in [6, 6.07) is 4.00. The Hall–Kier alpha value is -1.72. The lowest BCUT2D eigenvalue weighted by Crippen LogP contribution is -2.38. The predicted molar refractivity (Wildman–Crippen MR) is 124 cm³/mol. The molecule has 3 rings (SSSR count). The smallest absolute Gasteiger partial charge is 0.191 e. The molecule has 1 fully saturated rings. The van der Waals surface area contributed by atoms with Crippen LogP contribution in [0.1, 0.15) is 31.7 Å². The maximum absolute atomic E-state index is 5.70. The minimum absolute atomic E-state index is 0. The highest BCUT2D eigenvalue weighted by Crippen LogP contribution is 2.12. The van der Waals surface area contributed by atoms with Crippen LogP contribution in [0.5, 0.6) is 0 Å². The number of imidazole rings is 1. The fourth-order valence-electron chi connectivity index (χ4n) is 2.98. The zero-order chi connectivity index (χ0) is 19.4. The monoisotopic (exact) mass is 514 g/mol. The third-order valence-corrected chi connectivity index (χ3v) is 4.43. The Morgan fingerprint density at radius 2 is 2.31 bits per heavy atom. The fraction of sp³-hybridized carbons (Fsp3) is 0.550. The zero-order valence-electron chi connectivity index (χ0n) is 16.9. The van der Waals surface area contributed by atoms with Crippen LogP contribution in [0.25, 0.3) is 5.82 Å². The molecule has 0 saturated carbocycles. The molecular weight excluding hydrogens is 483 g/mol. The lowest BCUT2D eigenvalue weighted by atomic mass is 10.2. The summed E-state index contributed by atoms with van der Waals surface area (Å²) in [5.74, 6) is 1.65. The maximum Gasteiger partial charge on any atom is 0.191 e. The van der Waals surface area contributed by atoms with E-state index in [1.807, 2.05) is 22.9 Å². The van der Waals surface area contributed by atoms with Crippen molar-refractivity contribution < 1.29 is 9.47 Å². The van der Waals surface area contributed by atoms with Crippen LogP contribution in [0.4, 0.5) is 0 Å². The van der Waals surface area contributed by atoms with Gasteiger partial charge in [-0.05, 0) is 43.9 Å². The van der Waals surface area contributed by atoms with Gasteiger partial charge in [0.15, 0.2) is 5.96 Å². The van der Waals surface area contributed by atoms with Crippen LogP contribution in [-0.4, -0.2) is 59.5 Å². The van der Waals surface area contributed by atoms with E-state index in [2.05, 4.69) is 32.5 Å². The van der Waals surface area contributed by atoms with Gasteiger partial charge >= 0.3 is 0 Å². The van der Waals surface area contributed by atoms with Gasteiger partial charge in [0.25, 0.3) is 0 Å². The summed E-state index contributed by atoms with van der Waals surface area (Å²) in [7, 11) is 0. The first-order valence-corrected chi connectivity index (χ1v) is 10.00. The largest absolute Gasteiger partial charge is 0.379 e. The normalized spacial score (nSPS) is 16.4. The molecule has 160 valence electrons. The van der Waals surface area contributed by atoms with E-state index < -0.39 is 0 Å². The summed E-state index contributed by atoms with van der Waals surface area (Å²) in [5.41, 5.74) is 1.09. The highest BCUT2D eigenvalue weighted by molar-refractivity contribution is 14.0. The number of rotatable bonds is 10. The summed E-state index contributed by atoms with van der Waals surface area (Å²) in [5, 5.41) is 6.64. The molecule has 0 spiro atoms. The number of halogens is 1. The molecule has 2 aromatic rings. The summed E-state index contributed by atoms with van der Waals surface area (Å²) < 4.78 is 13.1. The molecule has 1 aliphatic rings. The van der Waals surface area contributed by atoms with Crippen LogP contribution in [0.15, 0.2) is 42.0 Å². The minimum atomic E-state index is 0. The Morgan fingerprint density at radius 1 is 1.38 bits per heavy atom. The van der Waals surface area contributed by atoms with Gasteiger partial charge in [0.2, 0.25) is 0 Å². The van der Waals surface area contributed by atoms with Crippen LogP contribution in [0.3, 0.4) is 0 Å². The minimum Gasteiger partial charge on any atom is -0.379 e. The first-order chi connectivity index (χ1) is 13.8. The number of aliphatic imine (C=N–C) groups is 1. The number of hydrogen-bond donors (Lipinski definition) is 2. The van der Waals surface area contributed by atoms with Crippen molar-refractivity contribution in [3.05, 3.63) is 42.6 Å². The molecule has 1 saturated heterocycles. The average Bonchev–Trinajstić information content (AvgIpc) is 3.43. The second-order valence-electron chi connectivity index (χ2n) is 6.68. The van der Waals surface area contributed by atoms with Gasteiger partial charge in [-0.1, -0.05) is 0 Å². The van der Waals surface area contributed by atoms with Crippen molar-refractivity contribution in [2.45, 2.75) is 38.8 Å². The van der Waals surface area contributed by atoms with Gasteiger partial charge in [0.05, 0.1) is 19.3 Å². The summed E-state index contributed by atoms with van der Waals surface area (Å²) >= 11 is 0. The van der Waals surface area contributed by atoms with E-state index in [4.69, 9.17) is 9.47 Å². The second kappa shape index (κ2) is 13.5. The lowest BCUT2D eigenvalue weighted by Gasteiger charge is -2.13. The van der Waals surface area contributed by atoms with Crippen LogP contribution >= 0.6 is 24.0 Å². The molecule has 29 heavy (non-hydrogen) atoms. The van der Waals surface area contributed by atoms with Gasteiger partial charge in [0.1, 0.15) is 12.1 Å². The van der Waals surface area contributed by atoms with Gasteiger partial charge in [0, 0.05) is 44.9 Å². The van der Waals surface area contributed by atoms with E-state index >= 15 is 0 Å². The Balaban J connectivity index is 0.00000300. The first-order valence-electron chi connectivity index (χ1n) is 10.00. The molecule has 3 heterocycles. The third-order valence-electron chi connectivity index (χ3n) is 4.43. The van der Waals surface area contributed by atoms with E-state index in [0.717, 1.165) is 62.9 Å². The van der Waals surface area contributed by atoms with E-state index in [-0.39, 0.29) is 24.0 Å². The Labute approximate surface area is 189 Å². The molecule has 0 radical (unpaired) electrons. The van der Waals surface area contributed by atoms with Crippen molar-refractivity contribution >= 4 is 29.9 Å². The van der Waals surface area contributed by atoms with Gasteiger partial charge in [-0.25, -0.2) is 15.0 Å². The third kappa shape index (κ3) is 8.27. The summed E-state index contributed by atoms with van der Waals surface area (Å²) in [6.07, 6.45) is 10.6. The number of ether oxygens (including phenoxy) is 2. The molecule has 1 unspecified atom stereocenters. The van der Waals surface area contributed by atoms with Crippen LogP contribution in [-0.2, 0) is 16.0 Å². The molecule has 0 aliphatic carbocycles. The quantitative estimate of drug-likeness (QED) is 0.220. The molecule has 0 aromatic carbocycles. The number of nitrogens with zero attached hydrogens (tertiary/aromatic N) is 4. The van der Waals surface area contributed by atoms with Crippen molar-refractivity contribution in [1.82, 2.24) is 25.2 Å². The number of guanidine groups is 1. The summed E-state index contributed by atoms with van der Waals surface area (Å²) in [4.78, 5) is 13.1. The highest BCUT2D eigenvalue weighted by Gasteiger charge is 2.14. The lowest BCUT2D eigenvalue weighted by molar-refractivity contribution is 0.0168.